The summed E-state index contributed by atoms with van der Waals surface area (Å²) in [5.41, 5.74) is 4.09. The number of halogens is 2. The largest absolute Gasteiger partial charge is 0.487 e. The van der Waals surface area contributed by atoms with E-state index in [1.165, 1.54) is 5.56 Å². The fourth-order valence-electron chi connectivity index (χ4n) is 3.65. The number of carbonyl (C=O) groups excluding carboxylic acids is 1. The molecule has 1 aliphatic heterocycles. The number of aliphatic imine (C=N–C) groups is 1. The molecule has 0 radical (unpaired) electrons. The Morgan fingerprint density at radius 1 is 0.912 bits per heavy atom. The van der Waals surface area contributed by atoms with Crippen LogP contribution in [0.2, 0.25) is 0 Å². The number of esters is 1. The van der Waals surface area contributed by atoms with Gasteiger partial charge >= 0.3 is 5.97 Å². The second kappa shape index (κ2) is 9.57. The average molecular weight is 577 g/mol. The maximum Gasteiger partial charge on any atom is 0.363 e. The lowest BCUT2D eigenvalue weighted by atomic mass is 10.1. The number of rotatable bonds is 5. The van der Waals surface area contributed by atoms with Gasteiger partial charge in [-0.3, -0.25) is 0 Å². The van der Waals surface area contributed by atoms with E-state index in [1.54, 1.807) is 6.08 Å². The van der Waals surface area contributed by atoms with E-state index in [1.807, 2.05) is 66.7 Å². The second-order valence-corrected chi connectivity index (χ2v) is 9.69. The molecule has 1 heterocycles. The van der Waals surface area contributed by atoms with Gasteiger partial charge in [-0.2, -0.15) is 0 Å². The SMILES string of the molecule is Cc1ccc(COc2c(Br)cc(/C=C3\N=C(c4ccc5ccccc5c4)OC3=O)cc2Br)cc1. The summed E-state index contributed by atoms with van der Waals surface area (Å²) in [6.07, 6.45) is 1.70. The molecule has 4 aromatic carbocycles. The highest BCUT2D eigenvalue weighted by molar-refractivity contribution is 9.11. The van der Waals surface area contributed by atoms with Gasteiger partial charge in [0.2, 0.25) is 5.90 Å². The van der Waals surface area contributed by atoms with Gasteiger partial charge in [-0.1, -0.05) is 60.2 Å². The van der Waals surface area contributed by atoms with Gasteiger partial charge in [0.25, 0.3) is 0 Å². The van der Waals surface area contributed by atoms with E-state index in [0.717, 1.165) is 36.4 Å². The Bertz CT molecular complexity index is 1450. The summed E-state index contributed by atoms with van der Waals surface area (Å²) in [6.45, 7) is 2.50. The minimum absolute atomic E-state index is 0.246. The predicted octanol–water partition coefficient (Wildman–Crippen LogP) is 7.60. The Morgan fingerprint density at radius 3 is 2.35 bits per heavy atom. The molecule has 0 N–H and O–H groups in total. The van der Waals surface area contributed by atoms with E-state index in [9.17, 15) is 4.79 Å². The summed E-state index contributed by atoms with van der Waals surface area (Å²) < 4.78 is 13.0. The molecule has 0 aliphatic carbocycles. The number of benzene rings is 4. The molecule has 0 spiro atoms. The van der Waals surface area contributed by atoms with Gasteiger partial charge in [0.05, 0.1) is 8.95 Å². The van der Waals surface area contributed by atoms with Gasteiger partial charge in [-0.05, 0) is 91.0 Å². The zero-order chi connectivity index (χ0) is 23.7. The lowest BCUT2D eigenvalue weighted by Gasteiger charge is -2.11. The van der Waals surface area contributed by atoms with Crippen LogP contribution < -0.4 is 4.74 Å². The van der Waals surface area contributed by atoms with Crippen molar-refractivity contribution in [1.29, 1.82) is 0 Å². The van der Waals surface area contributed by atoms with Crippen molar-refractivity contribution in [2.45, 2.75) is 13.5 Å². The van der Waals surface area contributed by atoms with Gasteiger partial charge in [-0.15, -0.1) is 0 Å². The lowest BCUT2D eigenvalue weighted by molar-refractivity contribution is -0.129. The molecule has 0 fully saturated rings. The minimum Gasteiger partial charge on any atom is -0.487 e. The number of nitrogens with zero attached hydrogens (tertiary/aromatic N) is 1. The fourth-order valence-corrected chi connectivity index (χ4v) is 5.10. The van der Waals surface area contributed by atoms with E-state index < -0.39 is 5.97 Å². The predicted molar refractivity (Wildman–Crippen MR) is 142 cm³/mol. The molecule has 168 valence electrons. The first kappa shape index (κ1) is 22.6. The van der Waals surface area contributed by atoms with Crippen molar-refractivity contribution >= 4 is 60.6 Å². The summed E-state index contributed by atoms with van der Waals surface area (Å²) >= 11 is 7.17. The molecule has 5 rings (SSSR count). The van der Waals surface area contributed by atoms with Crippen LogP contribution >= 0.6 is 31.9 Å². The first-order chi connectivity index (χ1) is 16.5. The van der Waals surface area contributed by atoms with Gasteiger partial charge in [0, 0.05) is 5.56 Å². The fraction of sp³-hybridized carbons (Fsp3) is 0.0714. The van der Waals surface area contributed by atoms with Gasteiger partial charge in [0.1, 0.15) is 12.4 Å². The Morgan fingerprint density at radius 2 is 1.62 bits per heavy atom. The summed E-state index contributed by atoms with van der Waals surface area (Å²) in [5.74, 6) is 0.519. The zero-order valence-corrected chi connectivity index (χ0v) is 21.4. The molecule has 0 bridgehead atoms. The van der Waals surface area contributed by atoms with Gasteiger partial charge in [0.15, 0.2) is 5.70 Å². The van der Waals surface area contributed by atoms with Crippen LogP contribution in [0.5, 0.6) is 5.75 Å². The molecule has 0 saturated heterocycles. The molecule has 6 heteroatoms. The molecule has 0 unspecified atom stereocenters. The minimum atomic E-state index is -0.477. The Hall–Kier alpha value is -3.22. The third kappa shape index (κ3) is 4.83. The number of cyclic esters (lactones) is 1. The van der Waals surface area contributed by atoms with Crippen molar-refractivity contribution in [3.05, 3.63) is 116 Å². The normalized spacial score (nSPS) is 14.4. The van der Waals surface area contributed by atoms with E-state index in [2.05, 4.69) is 55.9 Å². The van der Waals surface area contributed by atoms with Gasteiger partial charge in [-0.25, -0.2) is 9.79 Å². The molecular weight excluding hydrogens is 558 g/mol. The second-order valence-electron chi connectivity index (χ2n) is 7.99. The Kier molecular flexibility index (Phi) is 6.35. The van der Waals surface area contributed by atoms with Crippen molar-refractivity contribution in [2.75, 3.05) is 0 Å². The lowest BCUT2D eigenvalue weighted by Crippen LogP contribution is -2.05. The van der Waals surface area contributed by atoms with Crippen molar-refractivity contribution < 1.29 is 14.3 Å². The highest BCUT2D eigenvalue weighted by atomic mass is 79.9. The van der Waals surface area contributed by atoms with Crippen LogP contribution in [0.15, 0.2) is 98.5 Å². The smallest absolute Gasteiger partial charge is 0.363 e. The van der Waals surface area contributed by atoms with E-state index in [-0.39, 0.29) is 5.70 Å². The van der Waals surface area contributed by atoms with Crippen LogP contribution in [-0.4, -0.2) is 11.9 Å². The maximum atomic E-state index is 12.5. The van der Waals surface area contributed by atoms with Crippen molar-refractivity contribution in [3.63, 3.8) is 0 Å². The van der Waals surface area contributed by atoms with Crippen LogP contribution in [0.4, 0.5) is 0 Å². The highest BCUT2D eigenvalue weighted by Crippen LogP contribution is 2.36. The molecular formula is C28H19Br2NO3. The van der Waals surface area contributed by atoms with E-state index in [0.29, 0.717) is 18.3 Å². The van der Waals surface area contributed by atoms with Crippen LogP contribution in [0, 0.1) is 6.92 Å². The molecule has 4 nitrogen and oxygen atoms in total. The number of aryl methyl sites for hydroxylation is 1. The van der Waals surface area contributed by atoms with Crippen LogP contribution in [-0.2, 0) is 16.1 Å². The standard InChI is InChI=1S/C28H19Br2NO3/c1-17-6-8-18(9-7-17)16-33-26-23(29)12-19(13-24(26)30)14-25-28(32)34-27(31-25)22-11-10-20-4-2-3-5-21(20)15-22/h2-15H,16H2,1H3/b25-14-. The number of fused-ring (bicyclic) bond motifs is 1. The molecule has 1 aliphatic rings. The number of hydrogen-bond donors (Lipinski definition) is 0. The van der Waals surface area contributed by atoms with Crippen LogP contribution in [0.1, 0.15) is 22.3 Å². The molecule has 0 atom stereocenters. The summed E-state index contributed by atoms with van der Waals surface area (Å²) in [7, 11) is 0. The van der Waals surface area contributed by atoms with Crippen molar-refractivity contribution in [1.82, 2.24) is 0 Å². The zero-order valence-electron chi connectivity index (χ0n) is 18.2. The highest BCUT2D eigenvalue weighted by Gasteiger charge is 2.24. The van der Waals surface area contributed by atoms with E-state index in [4.69, 9.17) is 9.47 Å². The topological polar surface area (TPSA) is 47.9 Å². The molecule has 34 heavy (non-hydrogen) atoms. The van der Waals surface area contributed by atoms with Gasteiger partial charge < -0.3 is 9.47 Å². The number of carbonyl (C=O) groups is 1. The van der Waals surface area contributed by atoms with Crippen molar-refractivity contribution in [2.24, 2.45) is 4.99 Å². The van der Waals surface area contributed by atoms with Crippen molar-refractivity contribution in [3.8, 4) is 5.75 Å². The molecule has 0 amide bonds. The molecule has 4 aromatic rings. The Labute approximate surface area is 214 Å². The first-order valence-electron chi connectivity index (χ1n) is 10.7. The molecule has 0 saturated carbocycles. The maximum absolute atomic E-state index is 12.5. The first-order valence-corrected chi connectivity index (χ1v) is 12.2. The summed E-state index contributed by atoms with van der Waals surface area (Å²) in [4.78, 5) is 16.9. The van der Waals surface area contributed by atoms with Crippen LogP contribution in [0.3, 0.4) is 0 Å². The average Bonchev–Trinajstić information content (AvgIpc) is 3.19. The number of ether oxygens (including phenoxy) is 2. The van der Waals surface area contributed by atoms with E-state index >= 15 is 0 Å². The Balaban J connectivity index is 1.38. The number of hydrogen-bond acceptors (Lipinski definition) is 4. The third-order valence-corrected chi connectivity index (χ3v) is 6.62. The summed E-state index contributed by atoms with van der Waals surface area (Å²) in [6, 6.07) is 25.9. The van der Waals surface area contributed by atoms with Crippen LogP contribution in [0.25, 0.3) is 16.8 Å². The summed E-state index contributed by atoms with van der Waals surface area (Å²) in [5, 5.41) is 2.18. The monoisotopic (exact) mass is 575 g/mol. The quantitative estimate of drug-likeness (QED) is 0.181. The third-order valence-electron chi connectivity index (χ3n) is 5.44. The molecule has 0 aromatic heterocycles.